The molecule has 0 spiro atoms. The third kappa shape index (κ3) is 4.22. The number of thiazole rings is 1. The summed E-state index contributed by atoms with van der Waals surface area (Å²) in [5.41, 5.74) is 2.38. The van der Waals surface area contributed by atoms with Gasteiger partial charge in [0, 0.05) is 55.1 Å². The van der Waals surface area contributed by atoms with E-state index in [0.717, 1.165) is 56.3 Å². The van der Waals surface area contributed by atoms with E-state index in [1.54, 1.807) is 22.7 Å². The standard InChI is InChI=1S/C17H22N4OS2/c22-16(18-14-1-2-14)10-21-6-4-20(5-7-21)9-15-12-24-17(19-15)13-3-8-23-11-13/h3,8,11-12,14H,1-2,4-7,9-10H2,(H,18,22). The first-order valence-corrected chi connectivity index (χ1v) is 10.3. The minimum atomic E-state index is 0.186. The lowest BCUT2D eigenvalue weighted by molar-refractivity contribution is -0.122. The van der Waals surface area contributed by atoms with E-state index in [0.29, 0.717) is 12.6 Å². The maximum atomic E-state index is 11.9. The van der Waals surface area contributed by atoms with Crippen LogP contribution < -0.4 is 5.32 Å². The highest BCUT2D eigenvalue weighted by atomic mass is 32.1. The van der Waals surface area contributed by atoms with Crippen LogP contribution in [0, 0.1) is 0 Å². The number of hydrogen-bond donors (Lipinski definition) is 1. The fourth-order valence-electron chi connectivity index (χ4n) is 2.94. The van der Waals surface area contributed by atoms with Gasteiger partial charge in [0.1, 0.15) is 5.01 Å². The number of thiophene rings is 1. The maximum absolute atomic E-state index is 11.9. The fourth-order valence-corrected chi connectivity index (χ4v) is 4.46. The monoisotopic (exact) mass is 362 g/mol. The molecule has 1 aliphatic carbocycles. The van der Waals surface area contributed by atoms with E-state index in [-0.39, 0.29) is 5.91 Å². The largest absolute Gasteiger partial charge is 0.352 e. The molecule has 0 bridgehead atoms. The molecule has 0 atom stereocenters. The number of carbonyl (C=O) groups is 1. The van der Waals surface area contributed by atoms with E-state index >= 15 is 0 Å². The highest BCUT2D eigenvalue weighted by Crippen LogP contribution is 2.26. The topological polar surface area (TPSA) is 48.5 Å². The van der Waals surface area contributed by atoms with Gasteiger partial charge in [0.15, 0.2) is 0 Å². The summed E-state index contributed by atoms with van der Waals surface area (Å²) in [6, 6.07) is 2.58. The predicted molar refractivity (Wildman–Crippen MR) is 98.3 cm³/mol. The number of aromatic nitrogens is 1. The lowest BCUT2D eigenvalue weighted by Gasteiger charge is -2.33. The summed E-state index contributed by atoms with van der Waals surface area (Å²) in [5.74, 6) is 0.186. The highest BCUT2D eigenvalue weighted by Gasteiger charge is 2.25. The van der Waals surface area contributed by atoms with Gasteiger partial charge < -0.3 is 5.32 Å². The van der Waals surface area contributed by atoms with Crippen molar-refractivity contribution in [1.82, 2.24) is 20.1 Å². The first-order valence-electron chi connectivity index (χ1n) is 8.47. The van der Waals surface area contributed by atoms with Crippen molar-refractivity contribution >= 4 is 28.6 Å². The molecule has 7 heteroatoms. The number of hydrogen-bond acceptors (Lipinski definition) is 6. The molecule has 4 rings (SSSR count). The van der Waals surface area contributed by atoms with E-state index in [9.17, 15) is 4.79 Å². The molecule has 128 valence electrons. The molecule has 1 saturated heterocycles. The van der Waals surface area contributed by atoms with Gasteiger partial charge in [-0.3, -0.25) is 14.6 Å². The molecular formula is C17H22N4OS2. The number of nitrogens with zero attached hydrogens (tertiary/aromatic N) is 3. The molecule has 2 aliphatic rings. The average Bonchev–Trinajstić information content (AvgIpc) is 3.04. The average molecular weight is 363 g/mol. The Morgan fingerprint density at radius 2 is 2.00 bits per heavy atom. The molecule has 2 aromatic rings. The maximum Gasteiger partial charge on any atom is 0.234 e. The summed E-state index contributed by atoms with van der Waals surface area (Å²) >= 11 is 3.43. The zero-order chi connectivity index (χ0) is 16.4. The number of carbonyl (C=O) groups excluding carboxylic acids is 1. The Labute approximate surface area is 150 Å². The summed E-state index contributed by atoms with van der Waals surface area (Å²) in [4.78, 5) is 21.3. The quantitative estimate of drug-likeness (QED) is 0.856. The Kier molecular flexibility index (Phi) is 4.93. The van der Waals surface area contributed by atoms with Gasteiger partial charge >= 0.3 is 0 Å². The number of piperazine rings is 1. The summed E-state index contributed by atoms with van der Waals surface area (Å²) in [7, 11) is 0. The Bertz CT molecular complexity index is 673. The summed E-state index contributed by atoms with van der Waals surface area (Å²) in [5, 5.41) is 10.6. The Hall–Kier alpha value is -1.28. The molecule has 0 aromatic carbocycles. The highest BCUT2D eigenvalue weighted by molar-refractivity contribution is 7.14. The molecule has 1 aliphatic heterocycles. The van der Waals surface area contributed by atoms with Crippen LogP contribution in [0.25, 0.3) is 10.6 Å². The lowest BCUT2D eigenvalue weighted by atomic mass is 10.3. The first kappa shape index (κ1) is 16.2. The van der Waals surface area contributed by atoms with Crippen molar-refractivity contribution < 1.29 is 4.79 Å². The van der Waals surface area contributed by atoms with Crippen LogP contribution in [0.3, 0.4) is 0 Å². The molecule has 0 unspecified atom stereocenters. The minimum Gasteiger partial charge on any atom is -0.352 e. The Balaban J connectivity index is 1.23. The van der Waals surface area contributed by atoms with Crippen LogP contribution in [0.1, 0.15) is 18.5 Å². The fraction of sp³-hybridized carbons (Fsp3) is 0.529. The molecule has 1 amide bonds. The third-order valence-electron chi connectivity index (χ3n) is 4.48. The van der Waals surface area contributed by atoms with Gasteiger partial charge in [0.2, 0.25) is 5.91 Å². The van der Waals surface area contributed by atoms with Crippen LogP contribution in [-0.2, 0) is 11.3 Å². The number of amides is 1. The van der Waals surface area contributed by atoms with E-state index in [1.165, 1.54) is 5.56 Å². The van der Waals surface area contributed by atoms with Crippen molar-refractivity contribution in [2.45, 2.75) is 25.4 Å². The van der Waals surface area contributed by atoms with Crippen LogP contribution >= 0.6 is 22.7 Å². The van der Waals surface area contributed by atoms with Crippen molar-refractivity contribution in [2.24, 2.45) is 0 Å². The SMILES string of the molecule is O=C(CN1CCN(Cc2csc(-c3ccsc3)n2)CC1)NC1CC1. The van der Waals surface area contributed by atoms with Crippen LogP contribution in [0.4, 0.5) is 0 Å². The second kappa shape index (κ2) is 7.31. The summed E-state index contributed by atoms with van der Waals surface area (Å²) in [6.07, 6.45) is 2.31. The second-order valence-electron chi connectivity index (χ2n) is 6.55. The van der Waals surface area contributed by atoms with Gasteiger partial charge in [-0.25, -0.2) is 4.98 Å². The van der Waals surface area contributed by atoms with Gasteiger partial charge in [-0.15, -0.1) is 11.3 Å². The summed E-state index contributed by atoms with van der Waals surface area (Å²) in [6.45, 7) is 5.37. The van der Waals surface area contributed by atoms with E-state index < -0.39 is 0 Å². The first-order chi connectivity index (χ1) is 11.8. The van der Waals surface area contributed by atoms with Crippen molar-refractivity contribution in [3.05, 3.63) is 27.9 Å². The van der Waals surface area contributed by atoms with Crippen molar-refractivity contribution in [3.8, 4) is 10.6 Å². The molecular weight excluding hydrogens is 340 g/mol. The molecule has 1 N–H and O–H groups in total. The molecule has 24 heavy (non-hydrogen) atoms. The van der Waals surface area contributed by atoms with Crippen LogP contribution in [0.5, 0.6) is 0 Å². The zero-order valence-electron chi connectivity index (χ0n) is 13.6. The smallest absolute Gasteiger partial charge is 0.234 e. The predicted octanol–water partition coefficient (Wildman–Crippen LogP) is 2.27. The number of nitrogens with one attached hydrogen (secondary N) is 1. The normalized spacial score (nSPS) is 19.5. The zero-order valence-corrected chi connectivity index (χ0v) is 15.2. The van der Waals surface area contributed by atoms with E-state index in [1.807, 2.05) is 0 Å². The van der Waals surface area contributed by atoms with E-state index in [2.05, 4.69) is 37.3 Å². The molecule has 3 heterocycles. The third-order valence-corrected chi connectivity index (χ3v) is 6.10. The molecule has 0 radical (unpaired) electrons. The molecule has 5 nitrogen and oxygen atoms in total. The summed E-state index contributed by atoms with van der Waals surface area (Å²) < 4.78 is 0. The lowest BCUT2D eigenvalue weighted by Crippen LogP contribution is -2.49. The minimum absolute atomic E-state index is 0.186. The van der Waals surface area contributed by atoms with Crippen molar-refractivity contribution in [1.29, 1.82) is 0 Å². The number of rotatable bonds is 6. The van der Waals surface area contributed by atoms with Crippen LogP contribution in [0.15, 0.2) is 22.2 Å². The molecule has 1 saturated carbocycles. The van der Waals surface area contributed by atoms with Gasteiger partial charge in [-0.05, 0) is 24.3 Å². The van der Waals surface area contributed by atoms with E-state index in [4.69, 9.17) is 4.98 Å². The van der Waals surface area contributed by atoms with Crippen molar-refractivity contribution in [2.75, 3.05) is 32.7 Å². The molecule has 2 aromatic heterocycles. The Morgan fingerprint density at radius 1 is 1.21 bits per heavy atom. The van der Waals surface area contributed by atoms with Gasteiger partial charge in [0.05, 0.1) is 12.2 Å². The van der Waals surface area contributed by atoms with Gasteiger partial charge in [-0.2, -0.15) is 11.3 Å². The second-order valence-corrected chi connectivity index (χ2v) is 8.19. The van der Waals surface area contributed by atoms with Crippen LogP contribution in [-0.4, -0.2) is 59.5 Å². The molecule has 2 fully saturated rings. The van der Waals surface area contributed by atoms with Gasteiger partial charge in [-0.1, -0.05) is 0 Å². The van der Waals surface area contributed by atoms with Crippen molar-refractivity contribution in [3.63, 3.8) is 0 Å². The van der Waals surface area contributed by atoms with Gasteiger partial charge in [0.25, 0.3) is 0 Å². The Morgan fingerprint density at radius 3 is 2.71 bits per heavy atom. The van der Waals surface area contributed by atoms with Crippen LogP contribution in [0.2, 0.25) is 0 Å².